The number of hydrogen-bond acceptors (Lipinski definition) is 8. The molecule has 0 aliphatic heterocycles. The first kappa shape index (κ1) is 23.3. The third kappa shape index (κ3) is 4.56. The number of fused-ring (bicyclic) bond motifs is 2. The van der Waals surface area contributed by atoms with Crippen LogP contribution in [0.15, 0.2) is 55.1 Å². The summed E-state index contributed by atoms with van der Waals surface area (Å²) < 4.78 is 0. The summed E-state index contributed by atoms with van der Waals surface area (Å²) in [5.41, 5.74) is 6.40. The number of H-pyrrole nitrogens is 2. The van der Waals surface area contributed by atoms with E-state index in [2.05, 4.69) is 68.4 Å². The van der Waals surface area contributed by atoms with Crippen molar-refractivity contribution in [1.29, 1.82) is 0 Å². The number of aliphatic hydroxyl groups is 1. The lowest BCUT2D eigenvalue weighted by atomic mass is 10.1. The molecule has 186 valence electrons. The smallest absolute Gasteiger partial charge is 0.159 e. The van der Waals surface area contributed by atoms with Crippen molar-refractivity contribution in [3.8, 4) is 33.3 Å². The van der Waals surface area contributed by atoms with Crippen LogP contribution in [0, 0.1) is 12.8 Å². The molecule has 0 aromatic carbocycles. The van der Waals surface area contributed by atoms with E-state index in [1.54, 1.807) is 36.1 Å². The van der Waals surface area contributed by atoms with Crippen LogP contribution >= 0.6 is 11.3 Å². The highest BCUT2D eigenvalue weighted by Gasteiger charge is 2.17. The molecule has 6 heterocycles. The van der Waals surface area contributed by atoms with Crippen molar-refractivity contribution < 1.29 is 5.11 Å². The Morgan fingerprint density at radius 2 is 1.92 bits per heavy atom. The Labute approximate surface area is 217 Å². The minimum atomic E-state index is -0.640. The van der Waals surface area contributed by atoms with Crippen LogP contribution in [0.5, 0.6) is 0 Å². The highest BCUT2D eigenvalue weighted by molar-refractivity contribution is 7.15. The lowest BCUT2D eigenvalue weighted by Crippen LogP contribution is -2.20. The summed E-state index contributed by atoms with van der Waals surface area (Å²) in [5.74, 6) is 1.04. The normalized spacial score (nSPS) is 12.6. The van der Waals surface area contributed by atoms with Crippen molar-refractivity contribution in [3.63, 3.8) is 0 Å². The first-order valence-electron chi connectivity index (χ1n) is 12.1. The van der Waals surface area contributed by atoms with E-state index in [0.29, 0.717) is 23.9 Å². The lowest BCUT2D eigenvalue weighted by molar-refractivity contribution is 0.176. The van der Waals surface area contributed by atoms with E-state index in [0.717, 1.165) is 49.5 Å². The number of rotatable bonds is 7. The molecule has 37 heavy (non-hydrogen) atoms. The standard InChI is InChI=1S/C27H26N8OS/c1-14(2)8-23(36)31-17-9-16(11-28-12-17)20-10-18-21(13-30-20)34-35-24(18)27-32-19-6-7-29-26(25(19)33-27)22-5-4-15(3)37-22/h4-7,9-14,23,31,36H,8H2,1-3H3,(H,32,33)(H,34,35). The van der Waals surface area contributed by atoms with Gasteiger partial charge in [0.2, 0.25) is 0 Å². The van der Waals surface area contributed by atoms with Gasteiger partial charge in [-0.1, -0.05) is 13.8 Å². The Kier molecular flexibility index (Phi) is 5.90. The van der Waals surface area contributed by atoms with Gasteiger partial charge in [0.05, 0.1) is 39.7 Å². The van der Waals surface area contributed by atoms with Gasteiger partial charge in [-0.05, 0) is 49.6 Å². The topological polar surface area (TPSA) is 128 Å². The fraction of sp³-hybridized carbons (Fsp3) is 0.222. The molecule has 1 atom stereocenters. The van der Waals surface area contributed by atoms with Crippen LogP contribution in [-0.2, 0) is 0 Å². The summed E-state index contributed by atoms with van der Waals surface area (Å²) in [6.07, 6.45) is 7.02. The van der Waals surface area contributed by atoms with Gasteiger partial charge in [0.25, 0.3) is 0 Å². The largest absolute Gasteiger partial charge is 0.374 e. The zero-order chi connectivity index (χ0) is 25.5. The number of aromatic amines is 2. The third-order valence-corrected chi connectivity index (χ3v) is 7.12. The second-order valence-corrected chi connectivity index (χ2v) is 10.8. The molecule has 0 saturated heterocycles. The van der Waals surface area contributed by atoms with E-state index in [-0.39, 0.29) is 0 Å². The zero-order valence-corrected chi connectivity index (χ0v) is 21.5. The molecule has 0 saturated carbocycles. The fourth-order valence-electron chi connectivity index (χ4n) is 4.40. The van der Waals surface area contributed by atoms with Crippen molar-refractivity contribution in [2.75, 3.05) is 5.32 Å². The molecule has 0 aliphatic carbocycles. The highest BCUT2D eigenvalue weighted by atomic mass is 32.1. The second-order valence-electron chi connectivity index (χ2n) is 9.49. The molecule has 1 unspecified atom stereocenters. The average molecular weight is 511 g/mol. The summed E-state index contributed by atoms with van der Waals surface area (Å²) in [7, 11) is 0. The maximum Gasteiger partial charge on any atom is 0.159 e. The molecule has 0 spiro atoms. The Hall–Kier alpha value is -4.15. The molecule has 0 fully saturated rings. The number of aliphatic hydroxyl groups excluding tert-OH is 1. The minimum absolute atomic E-state index is 0.377. The Morgan fingerprint density at radius 1 is 1.03 bits per heavy atom. The molecule has 9 nitrogen and oxygen atoms in total. The number of aromatic nitrogens is 7. The third-order valence-electron chi connectivity index (χ3n) is 6.11. The Balaban J connectivity index is 1.37. The van der Waals surface area contributed by atoms with Crippen LogP contribution in [0.4, 0.5) is 5.69 Å². The van der Waals surface area contributed by atoms with Crippen LogP contribution in [-0.4, -0.2) is 46.5 Å². The van der Waals surface area contributed by atoms with Crippen LogP contribution in [0.2, 0.25) is 0 Å². The van der Waals surface area contributed by atoms with Gasteiger partial charge in [-0.25, -0.2) is 4.98 Å². The second kappa shape index (κ2) is 9.38. The molecule has 0 radical (unpaired) electrons. The summed E-state index contributed by atoms with van der Waals surface area (Å²) >= 11 is 1.70. The predicted octanol–water partition coefficient (Wildman–Crippen LogP) is 5.77. The van der Waals surface area contributed by atoms with E-state index >= 15 is 0 Å². The fourth-order valence-corrected chi connectivity index (χ4v) is 5.27. The minimum Gasteiger partial charge on any atom is -0.374 e. The first-order chi connectivity index (χ1) is 17.9. The van der Waals surface area contributed by atoms with Crippen molar-refractivity contribution in [1.82, 2.24) is 35.1 Å². The zero-order valence-electron chi connectivity index (χ0n) is 20.6. The molecular weight excluding hydrogens is 484 g/mol. The average Bonchev–Trinajstić information content (AvgIpc) is 3.60. The van der Waals surface area contributed by atoms with Crippen molar-refractivity contribution >= 4 is 39.0 Å². The van der Waals surface area contributed by atoms with E-state index < -0.39 is 6.23 Å². The summed E-state index contributed by atoms with van der Waals surface area (Å²) in [5, 5.41) is 21.9. The number of pyridine rings is 3. The van der Waals surface area contributed by atoms with Gasteiger partial charge in [-0.15, -0.1) is 11.3 Å². The van der Waals surface area contributed by atoms with Crippen LogP contribution in [0.1, 0.15) is 25.1 Å². The monoisotopic (exact) mass is 510 g/mol. The number of nitrogens with zero attached hydrogens (tertiary/aromatic N) is 5. The molecule has 10 heteroatoms. The first-order valence-corrected chi connectivity index (χ1v) is 12.9. The number of hydrogen-bond donors (Lipinski definition) is 4. The number of thiophene rings is 1. The van der Waals surface area contributed by atoms with Crippen LogP contribution in [0.3, 0.4) is 0 Å². The maximum absolute atomic E-state index is 10.3. The van der Waals surface area contributed by atoms with Crippen molar-refractivity contribution in [3.05, 3.63) is 60.0 Å². The van der Waals surface area contributed by atoms with Gasteiger partial charge >= 0.3 is 0 Å². The van der Waals surface area contributed by atoms with E-state index in [1.165, 1.54) is 4.88 Å². The Bertz CT molecular complexity index is 1720. The highest BCUT2D eigenvalue weighted by Crippen LogP contribution is 2.34. The summed E-state index contributed by atoms with van der Waals surface area (Å²) in [6, 6.07) is 10.0. The van der Waals surface area contributed by atoms with E-state index in [4.69, 9.17) is 4.98 Å². The van der Waals surface area contributed by atoms with E-state index in [1.807, 2.05) is 18.2 Å². The predicted molar refractivity (Wildman–Crippen MR) is 147 cm³/mol. The molecule has 6 aromatic heterocycles. The number of aryl methyl sites for hydroxylation is 1. The molecule has 6 rings (SSSR count). The summed E-state index contributed by atoms with van der Waals surface area (Å²) in [4.78, 5) is 24.2. The quantitative estimate of drug-likeness (QED) is 0.201. The van der Waals surface area contributed by atoms with Crippen molar-refractivity contribution in [2.45, 2.75) is 33.4 Å². The van der Waals surface area contributed by atoms with Gasteiger partial charge in [-0.2, -0.15) is 5.10 Å². The van der Waals surface area contributed by atoms with Crippen molar-refractivity contribution in [2.24, 2.45) is 5.92 Å². The number of nitrogens with one attached hydrogen (secondary N) is 3. The van der Waals surface area contributed by atoms with E-state index in [9.17, 15) is 5.11 Å². The van der Waals surface area contributed by atoms with Crippen LogP contribution in [0.25, 0.3) is 55.3 Å². The van der Waals surface area contributed by atoms with Gasteiger partial charge in [0.15, 0.2) is 5.82 Å². The molecule has 6 aromatic rings. The van der Waals surface area contributed by atoms with Gasteiger partial charge < -0.3 is 15.4 Å². The van der Waals surface area contributed by atoms with Gasteiger partial charge in [0.1, 0.15) is 23.1 Å². The number of anilines is 1. The SMILES string of the molecule is Cc1ccc(-c2nccc3[nH]c(-c4n[nH]c5cnc(-c6cncc(NC(O)CC(C)C)c6)cc45)nc23)s1. The van der Waals surface area contributed by atoms with Crippen LogP contribution < -0.4 is 5.32 Å². The summed E-state index contributed by atoms with van der Waals surface area (Å²) in [6.45, 7) is 6.23. The molecule has 0 bridgehead atoms. The maximum atomic E-state index is 10.3. The molecule has 0 amide bonds. The molecule has 0 aliphatic rings. The molecule has 4 N–H and O–H groups in total. The number of imidazole rings is 1. The Morgan fingerprint density at radius 3 is 2.73 bits per heavy atom. The van der Waals surface area contributed by atoms with Gasteiger partial charge in [-0.3, -0.25) is 20.1 Å². The molecular formula is C27H26N8OS. The van der Waals surface area contributed by atoms with Gasteiger partial charge in [0, 0.05) is 28.2 Å². The lowest BCUT2D eigenvalue weighted by Gasteiger charge is -2.16.